The number of hydrogen-bond acceptors (Lipinski definition) is 2. The zero-order chi connectivity index (χ0) is 14.3. The van der Waals surface area contributed by atoms with Crippen LogP contribution in [0.2, 0.25) is 10.2 Å². The number of nitrogens with zero attached hydrogens (tertiary/aromatic N) is 2. The minimum Gasteiger partial charge on any atom is -0.478 e. The van der Waals surface area contributed by atoms with E-state index < -0.39 is 5.97 Å². The minimum atomic E-state index is -1.01. The van der Waals surface area contributed by atoms with E-state index in [-0.39, 0.29) is 5.56 Å². The fraction of sp³-hybridized carbons (Fsp3) is 0. The van der Waals surface area contributed by atoms with Crippen LogP contribution in [0.4, 0.5) is 0 Å². The average molecular weight is 307 g/mol. The summed E-state index contributed by atoms with van der Waals surface area (Å²) >= 11 is 12.2. The van der Waals surface area contributed by atoms with E-state index in [1.807, 2.05) is 12.1 Å². The van der Waals surface area contributed by atoms with Crippen LogP contribution in [0.5, 0.6) is 0 Å². The first-order valence-corrected chi connectivity index (χ1v) is 6.49. The van der Waals surface area contributed by atoms with Gasteiger partial charge >= 0.3 is 5.97 Å². The van der Waals surface area contributed by atoms with Gasteiger partial charge in [0.1, 0.15) is 5.82 Å². The molecule has 20 heavy (non-hydrogen) atoms. The van der Waals surface area contributed by atoms with Gasteiger partial charge in [-0.15, -0.1) is 0 Å². The highest BCUT2D eigenvalue weighted by Crippen LogP contribution is 2.30. The van der Waals surface area contributed by atoms with Crippen molar-refractivity contribution in [3.05, 3.63) is 58.3 Å². The second-order valence-electron chi connectivity index (χ2n) is 4.18. The molecule has 4 nitrogen and oxygen atoms in total. The number of aromatic carboxylic acids is 1. The predicted octanol–water partition coefficient (Wildman–Crippen LogP) is 4.01. The number of carbonyl (C=O) groups is 1. The largest absolute Gasteiger partial charge is 0.478 e. The quantitative estimate of drug-likeness (QED) is 0.778. The van der Waals surface area contributed by atoms with Crippen molar-refractivity contribution >= 4 is 34.7 Å². The summed E-state index contributed by atoms with van der Waals surface area (Å²) in [6.07, 6.45) is 1.48. The highest BCUT2D eigenvalue weighted by molar-refractivity contribution is 6.34. The molecule has 1 aromatic carbocycles. The van der Waals surface area contributed by atoms with Gasteiger partial charge in [0.25, 0.3) is 0 Å². The fourth-order valence-electron chi connectivity index (χ4n) is 2.01. The van der Waals surface area contributed by atoms with E-state index in [2.05, 4.69) is 4.98 Å². The Morgan fingerprint density at radius 3 is 2.60 bits per heavy atom. The summed E-state index contributed by atoms with van der Waals surface area (Å²) in [5, 5.41) is 9.90. The summed E-state index contributed by atoms with van der Waals surface area (Å²) in [6.45, 7) is 0. The number of fused-ring (bicyclic) bond motifs is 1. The number of benzene rings is 1. The molecule has 0 bridgehead atoms. The van der Waals surface area contributed by atoms with E-state index in [0.29, 0.717) is 27.1 Å². The summed E-state index contributed by atoms with van der Waals surface area (Å²) in [5.74, 6) is -0.500. The van der Waals surface area contributed by atoms with Gasteiger partial charge in [-0.05, 0) is 24.3 Å². The van der Waals surface area contributed by atoms with Crippen molar-refractivity contribution in [2.45, 2.75) is 0 Å². The van der Waals surface area contributed by atoms with Gasteiger partial charge in [0.2, 0.25) is 0 Å². The van der Waals surface area contributed by atoms with Crippen molar-refractivity contribution in [3.8, 4) is 11.4 Å². The molecule has 0 saturated heterocycles. The number of aromatic nitrogens is 2. The first kappa shape index (κ1) is 13.0. The zero-order valence-electron chi connectivity index (χ0n) is 10.0. The lowest BCUT2D eigenvalue weighted by atomic mass is 10.2. The molecule has 2 heterocycles. The molecule has 0 amide bonds. The molecule has 3 rings (SSSR count). The number of carboxylic acid groups (broad SMARTS) is 1. The Bertz CT molecular complexity index is 827. The van der Waals surface area contributed by atoms with Crippen molar-refractivity contribution in [2.24, 2.45) is 0 Å². The topological polar surface area (TPSA) is 54.6 Å². The predicted molar refractivity (Wildman–Crippen MR) is 77.6 cm³/mol. The molecule has 0 atom stereocenters. The van der Waals surface area contributed by atoms with Gasteiger partial charge in [0.05, 0.1) is 16.1 Å². The SMILES string of the molecule is O=C(O)c1ccc2c(Cl)nc(-c3ccccc3Cl)n2c1. The number of rotatable bonds is 2. The van der Waals surface area contributed by atoms with Crippen LogP contribution >= 0.6 is 23.2 Å². The second kappa shape index (κ2) is 4.81. The zero-order valence-corrected chi connectivity index (χ0v) is 11.6. The Kier molecular flexibility index (Phi) is 3.12. The third kappa shape index (κ3) is 2.03. The van der Waals surface area contributed by atoms with Crippen LogP contribution in [0, 0.1) is 0 Å². The van der Waals surface area contributed by atoms with Gasteiger partial charge in [-0.1, -0.05) is 35.3 Å². The molecule has 0 aliphatic heterocycles. The van der Waals surface area contributed by atoms with Crippen molar-refractivity contribution < 1.29 is 9.90 Å². The maximum absolute atomic E-state index is 11.1. The first-order valence-electron chi connectivity index (χ1n) is 5.74. The standard InChI is InChI=1S/C14H8Cl2N2O2/c15-10-4-2-1-3-9(10)13-17-12(16)11-6-5-8(14(19)20)7-18(11)13/h1-7H,(H,19,20). The number of halogens is 2. The highest BCUT2D eigenvalue weighted by Gasteiger charge is 2.15. The molecule has 6 heteroatoms. The summed E-state index contributed by atoms with van der Waals surface area (Å²) < 4.78 is 1.63. The van der Waals surface area contributed by atoms with E-state index in [0.717, 1.165) is 0 Å². The minimum absolute atomic E-state index is 0.153. The molecule has 1 N–H and O–H groups in total. The van der Waals surface area contributed by atoms with Crippen LogP contribution in [0.15, 0.2) is 42.6 Å². The van der Waals surface area contributed by atoms with Crippen LogP contribution in [0.1, 0.15) is 10.4 Å². The summed E-state index contributed by atoms with van der Waals surface area (Å²) in [5.41, 5.74) is 1.48. The molecule has 3 aromatic rings. The third-order valence-corrected chi connectivity index (χ3v) is 3.56. The fourth-order valence-corrected chi connectivity index (χ4v) is 2.46. The summed E-state index contributed by atoms with van der Waals surface area (Å²) in [7, 11) is 0. The third-order valence-electron chi connectivity index (χ3n) is 2.95. The Labute approximate surface area is 124 Å². The van der Waals surface area contributed by atoms with Gasteiger partial charge in [0.15, 0.2) is 5.15 Å². The first-order chi connectivity index (χ1) is 9.58. The Morgan fingerprint density at radius 1 is 1.15 bits per heavy atom. The molecule has 0 aliphatic rings. The number of hydrogen-bond donors (Lipinski definition) is 1. The monoisotopic (exact) mass is 306 g/mol. The Morgan fingerprint density at radius 2 is 1.90 bits per heavy atom. The molecule has 0 saturated carbocycles. The lowest BCUT2D eigenvalue weighted by Crippen LogP contribution is -1.99. The normalized spacial score (nSPS) is 10.9. The maximum atomic E-state index is 11.1. The van der Waals surface area contributed by atoms with Gasteiger partial charge in [-0.2, -0.15) is 0 Å². The van der Waals surface area contributed by atoms with E-state index in [4.69, 9.17) is 28.3 Å². The summed E-state index contributed by atoms with van der Waals surface area (Å²) in [4.78, 5) is 15.3. The van der Waals surface area contributed by atoms with E-state index in [1.54, 1.807) is 22.6 Å². The van der Waals surface area contributed by atoms with Crippen LogP contribution in [0.25, 0.3) is 16.9 Å². The number of carboxylic acids is 1. The van der Waals surface area contributed by atoms with Crippen LogP contribution < -0.4 is 0 Å². The van der Waals surface area contributed by atoms with E-state index >= 15 is 0 Å². The smallest absolute Gasteiger partial charge is 0.337 e. The molecule has 0 fully saturated rings. The highest BCUT2D eigenvalue weighted by atomic mass is 35.5. The van der Waals surface area contributed by atoms with Crippen LogP contribution in [-0.4, -0.2) is 20.5 Å². The molecule has 2 aromatic heterocycles. The van der Waals surface area contributed by atoms with Gasteiger partial charge in [-0.3, -0.25) is 4.40 Å². The molecular formula is C14H8Cl2N2O2. The molecule has 0 spiro atoms. The van der Waals surface area contributed by atoms with Crippen LogP contribution in [0.3, 0.4) is 0 Å². The molecule has 100 valence electrons. The van der Waals surface area contributed by atoms with E-state index in [1.165, 1.54) is 12.3 Å². The number of pyridine rings is 1. The van der Waals surface area contributed by atoms with Gasteiger partial charge in [-0.25, -0.2) is 9.78 Å². The average Bonchev–Trinajstić information content (AvgIpc) is 2.76. The lowest BCUT2D eigenvalue weighted by molar-refractivity contribution is 0.0696. The lowest BCUT2D eigenvalue weighted by Gasteiger charge is -2.04. The molecule has 0 unspecified atom stereocenters. The molecule has 0 radical (unpaired) electrons. The van der Waals surface area contributed by atoms with Crippen molar-refractivity contribution in [2.75, 3.05) is 0 Å². The van der Waals surface area contributed by atoms with Gasteiger partial charge < -0.3 is 5.11 Å². The molecule has 0 aliphatic carbocycles. The van der Waals surface area contributed by atoms with Crippen molar-refractivity contribution in [1.29, 1.82) is 0 Å². The second-order valence-corrected chi connectivity index (χ2v) is 4.95. The van der Waals surface area contributed by atoms with Crippen molar-refractivity contribution in [3.63, 3.8) is 0 Å². The van der Waals surface area contributed by atoms with Gasteiger partial charge in [0, 0.05) is 11.8 Å². The number of imidazole rings is 1. The van der Waals surface area contributed by atoms with E-state index in [9.17, 15) is 4.79 Å². The Balaban J connectivity index is 2.33. The van der Waals surface area contributed by atoms with Crippen LogP contribution in [-0.2, 0) is 0 Å². The van der Waals surface area contributed by atoms with Crippen molar-refractivity contribution in [1.82, 2.24) is 9.38 Å². The Hall–Kier alpha value is -2.04. The molecular weight excluding hydrogens is 299 g/mol. The maximum Gasteiger partial charge on any atom is 0.337 e. The summed E-state index contributed by atoms with van der Waals surface area (Å²) in [6, 6.07) is 10.3.